The van der Waals surface area contributed by atoms with E-state index in [1.807, 2.05) is 60.9 Å². The molecule has 2 heterocycles. The van der Waals surface area contributed by atoms with Crippen molar-refractivity contribution >= 4 is 46.1 Å². The number of carbonyl (C=O) groups is 2. The lowest BCUT2D eigenvalue weighted by Gasteiger charge is -2.15. The summed E-state index contributed by atoms with van der Waals surface area (Å²) in [5.41, 5.74) is 11.3. The Hall–Kier alpha value is -4.82. The quantitative estimate of drug-likeness (QED) is 0.143. The van der Waals surface area contributed by atoms with Crippen molar-refractivity contribution in [2.45, 2.75) is 12.5 Å². The van der Waals surface area contributed by atoms with E-state index in [2.05, 4.69) is 10.3 Å². The summed E-state index contributed by atoms with van der Waals surface area (Å²) in [6.07, 6.45) is 6.97. The van der Waals surface area contributed by atoms with Gasteiger partial charge in [-0.1, -0.05) is 48.0 Å². The number of amides is 1. The fourth-order valence-electron chi connectivity index (χ4n) is 4.37. The average molecular weight is 540 g/mol. The average Bonchev–Trinajstić information content (AvgIpc) is 3.56. The lowest BCUT2D eigenvalue weighted by Crippen LogP contribution is -2.42. The van der Waals surface area contributed by atoms with Crippen LogP contribution in [0.1, 0.15) is 11.1 Å². The van der Waals surface area contributed by atoms with Gasteiger partial charge in [-0.15, -0.1) is 0 Å². The maximum absolute atomic E-state index is 13.0. The molecule has 0 aliphatic carbocycles. The van der Waals surface area contributed by atoms with Gasteiger partial charge in [0.15, 0.2) is 0 Å². The molecule has 0 aliphatic heterocycles. The third-order valence-electron chi connectivity index (χ3n) is 6.31. The first kappa shape index (κ1) is 25.8. The zero-order chi connectivity index (χ0) is 27.4. The van der Waals surface area contributed by atoms with Gasteiger partial charge < -0.3 is 20.8 Å². The molecule has 0 saturated carbocycles. The topological polar surface area (TPSA) is 115 Å². The molecular formula is C30H26ClN5O3. The third-order valence-corrected chi connectivity index (χ3v) is 6.55. The molecule has 0 spiro atoms. The summed E-state index contributed by atoms with van der Waals surface area (Å²) in [6, 6.07) is 21.5. The number of rotatable bonds is 8. The minimum Gasteiger partial charge on any atom is -0.467 e. The van der Waals surface area contributed by atoms with Crippen LogP contribution in [0.15, 0.2) is 91.3 Å². The van der Waals surface area contributed by atoms with Crippen molar-refractivity contribution in [3.8, 4) is 16.9 Å². The van der Waals surface area contributed by atoms with Crippen molar-refractivity contribution in [1.82, 2.24) is 20.1 Å². The normalized spacial score (nSPS) is 12.1. The number of nitrogens with one attached hydrogen (secondary N) is 2. The van der Waals surface area contributed by atoms with Gasteiger partial charge in [-0.25, -0.2) is 9.48 Å². The van der Waals surface area contributed by atoms with Gasteiger partial charge in [0.1, 0.15) is 6.04 Å². The van der Waals surface area contributed by atoms with Gasteiger partial charge in [-0.05, 0) is 48.0 Å². The molecule has 0 saturated heterocycles. The van der Waals surface area contributed by atoms with Crippen LogP contribution in [0, 0.1) is 0 Å². The second-order valence-corrected chi connectivity index (χ2v) is 9.40. The van der Waals surface area contributed by atoms with E-state index in [9.17, 15) is 9.59 Å². The summed E-state index contributed by atoms with van der Waals surface area (Å²) in [5.74, 6) is -0.970. The number of carbonyl (C=O) groups excluding carboxylic acids is 2. The highest BCUT2D eigenvalue weighted by Crippen LogP contribution is 2.26. The second kappa shape index (κ2) is 11.3. The number of esters is 1. The Morgan fingerprint density at radius 1 is 1.13 bits per heavy atom. The number of hydrogen-bond acceptors (Lipinski definition) is 5. The molecule has 1 atom stereocenters. The number of ether oxygens (including phenoxy) is 1. The molecule has 2 aromatic heterocycles. The molecule has 9 heteroatoms. The van der Waals surface area contributed by atoms with Crippen molar-refractivity contribution in [1.29, 1.82) is 0 Å². The monoisotopic (exact) mass is 539 g/mol. The molecule has 4 N–H and O–H groups in total. The minimum atomic E-state index is -0.864. The smallest absolute Gasteiger partial charge is 0.328 e. The predicted octanol–water partition coefficient (Wildman–Crippen LogP) is 5.17. The predicted molar refractivity (Wildman–Crippen MR) is 153 cm³/mol. The zero-order valence-corrected chi connectivity index (χ0v) is 21.9. The summed E-state index contributed by atoms with van der Waals surface area (Å²) >= 11 is 6.19. The minimum absolute atomic E-state index is 0.277. The highest BCUT2D eigenvalue weighted by molar-refractivity contribution is 6.30. The number of halogens is 1. The number of anilines is 1. The van der Waals surface area contributed by atoms with Crippen molar-refractivity contribution in [2.75, 3.05) is 12.8 Å². The number of para-hydroxylation sites is 1. The maximum atomic E-state index is 13.0. The first-order valence-electron chi connectivity index (χ1n) is 12.2. The highest BCUT2D eigenvalue weighted by atomic mass is 35.5. The Labute approximate surface area is 230 Å². The molecule has 196 valence electrons. The molecule has 0 bridgehead atoms. The molecule has 5 rings (SSSR count). The van der Waals surface area contributed by atoms with Gasteiger partial charge in [0.2, 0.25) is 5.91 Å². The lowest BCUT2D eigenvalue weighted by atomic mass is 10.0. The summed E-state index contributed by atoms with van der Waals surface area (Å²) in [4.78, 5) is 28.7. The number of nitrogens with zero attached hydrogens (tertiary/aromatic N) is 2. The molecule has 3 aromatic carbocycles. The Bertz CT molecular complexity index is 1670. The summed E-state index contributed by atoms with van der Waals surface area (Å²) < 4.78 is 6.66. The van der Waals surface area contributed by atoms with E-state index < -0.39 is 17.9 Å². The van der Waals surface area contributed by atoms with Crippen LogP contribution in [0.5, 0.6) is 0 Å². The van der Waals surface area contributed by atoms with E-state index in [0.29, 0.717) is 22.0 Å². The van der Waals surface area contributed by atoms with Gasteiger partial charge in [0.05, 0.1) is 18.5 Å². The van der Waals surface area contributed by atoms with Crippen molar-refractivity contribution in [3.63, 3.8) is 0 Å². The van der Waals surface area contributed by atoms with Crippen molar-refractivity contribution < 1.29 is 14.3 Å². The Morgan fingerprint density at radius 2 is 1.92 bits per heavy atom. The van der Waals surface area contributed by atoms with Gasteiger partial charge in [-0.3, -0.25) is 4.79 Å². The number of aromatic amines is 1. The van der Waals surface area contributed by atoms with E-state index in [4.69, 9.17) is 27.2 Å². The number of nitrogens with two attached hydrogens (primary N) is 1. The Kier molecular flexibility index (Phi) is 7.47. The molecular weight excluding hydrogens is 514 g/mol. The molecule has 0 radical (unpaired) electrons. The zero-order valence-electron chi connectivity index (χ0n) is 21.1. The largest absolute Gasteiger partial charge is 0.467 e. The molecule has 5 aromatic rings. The van der Waals surface area contributed by atoms with Crippen LogP contribution in [0.4, 0.5) is 5.69 Å². The van der Waals surface area contributed by atoms with E-state index in [1.165, 1.54) is 13.2 Å². The number of fused-ring (bicyclic) bond motifs is 1. The first-order valence-corrected chi connectivity index (χ1v) is 12.6. The highest BCUT2D eigenvalue weighted by Gasteiger charge is 2.23. The Morgan fingerprint density at radius 3 is 2.69 bits per heavy atom. The van der Waals surface area contributed by atoms with Crippen LogP contribution < -0.4 is 11.1 Å². The number of hydrogen-bond donors (Lipinski definition) is 3. The van der Waals surface area contributed by atoms with Crippen molar-refractivity contribution in [3.05, 3.63) is 107 Å². The molecule has 8 nitrogen and oxygen atoms in total. The van der Waals surface area contributed by atoms with E-state index in [-0.39, 0.29) is 6.42 Å². The molecule has 1 amide bonds. The van der Waals surface area contributed by atoms with E-state index in [0.717, 1.165) is 27.7 Å². The van der Waals surface area contributed by atoms with Crippen LogP contribution in [0.3, 0.4) is 0 Å². The fourth-order valence-corrected chi connectivity index (χ4v) is 4.55. The summed E-state index contributed by atoms with van der Waals surface area (Å²) in [7, 11) is 1.30. The van der Waals surface area contributed by atoms with Crippen LogP contribution in [0.2, 0.25) is 5.02 Å². The van der Waals surface area contributed by atoms with Crippen LogP contribution in [-0.4, -0.2) is 39.8 Å². The Balaban J connectivity index is 1.41. The summed E-state index contributed by atoms with van der Waals surface area (Å²) in [5, 5.41) is 9.08. The fraction of sp³-hybridized carbons (Fsp3) is 0.100. The number of H-pyrrole nitrogens is 1. The van der Waals surface area contributed by atoms with Gasteiger partial charge in [-0.2, -0.15) is 5.10 Å². The SMILES string of the molecule is COC(=O)[C@H](Cc1c[nH]c2ccccc12)NC(=O)/C=C/c1cn(-c2cccc(Cl)c2)nc1-c1ccc(N)cc1. The van der Waals surface area contributed by atoms with Crippen molar-refractivity contribution in [2.24, 2.45) is 0 Å². The van der Waals surface area contributed by atoms with E-state index in [1.54, 1.807) is 35.0 Å². The second-order valence-electron chi connectivity index (χ2n) is 8.96. The molecule has 0 unspecified atom stereocenters. The standard InChI is InChI=1S/C30H26ClN5O3/c1-39-30(38)27(15-21-17-33-26-8-3-2-7-25(21)26)34-28(37)14-11-20-18-36(24-6-4-5-22(31)16-24)35-29(20)19-9-12-23(32)13-10-19/h2-14,16-18,27,33H,15,32H2,1H3,(H,34,37)/b14-11+/t27-/m0/s1. The van der Waals surface area contributed by atoms with Gasteiger partial charge in [0, 0.05) is 57.6 Å². The number of nitrogen functional groups attached to an aromatic ring is 1. The number of methoxy groups -OCH3 is 1. The number of aromatic nitrogens is 3. The molecule has 0 fully saturated rings. The van der Waals surface area contributed by atoms with Crippen LogP contribution in [-0.2, 0) is 20.7 Å². The van der Waals surface area contributed by atoms with Crippen LogP contribution >= 0.6 is 11.6 Å². The van der Waals surface area contributed by atoms with E-state index >= 15 is 0 Å². The third kappa shape index (κ3) is 5.86. The van der Waals surface area contributed by atoms with Crippen LogP contribution in [0.25, 0.3) is 33.9 Å². The number of benzene rings is 3. The molecule has 0 aliphatic rings. The van der Waals surface area contributed by atoms with Gasteiger partial charge >= 0.3 is 5.97 Å². The molecule has 39 heavy (non-hydrogen) atoms. The summed E-state index contributed by atoms with van der Waals surface area (Å²) in [6.45, 7) is 0. The van der Waals surface area contributed by atoms with Gasteiger partial charge in [0.25, 0.3) is 0 Å². The lowest BCUT2D eigenvalue weighted by molar-refractivity contribution is -0.144. The maximum Gasteiger partial charge on any atom is 0.328 e. The first-order chi connectivity index (χ1) is 18.9.